The molecule has 0 spiro atoms. The summed E-state index contributed by atoms with van der Waals surface area (Å²) in [5.74, 6) is 0.558. The van der Waals surface area contributed by atoms with Crippen molar-refractivity contribution in [2.75, 3.05) is 12.4 Å². The standard InChI is InChI=1S/C27H23N7OS/c1-16-15-36-24-6-4-17(10-20(16)24)21-11-19(12-22-27(21)29-9-8-28-22)32-26(23-14-31-33-34(23)2)18-5-7-25(35-3)30-13-18/h4-15,26,32H,1-3H3/t26-/m0/s1. The number of anilines is 1. The fourth-order valence-electron chi connectivity index (χ4n) is 4.44. The minimum absolute atomic E-state index is 0.244. The topological polar surface area (TPSA) is 90.6 Å². The summed E-state index contributed by atoms with van der Waals surface area (Å²) < 4.78 is 8.29. The Balaban J connectivity index is 1.48. The molecule has 0 bridgehead atoms. The Bertz CT molecular complexity index is 1690. The van der Waals surface area contributed by atoms with Gasteiger partial charge in [-0.3, -0.25) is 9.97 Å². The number of pyridine rings is 1. The number of rotatable bonds is 6. The van der Waals surface area contributed by atoms with E-state index in [0.717, 1.165) is 39.1 Å². The highest BCUT2D eigenvalue weighted by molar-refractivity contribution is 7.17. The van der Waals surface area contributed by atoms with Gasteiger partial charge < -0.3 is 10.1 Å². The molecule has 6 rings (SSSR count). The van der Waals surface area contributed by atoms with Crippen molar-refractivity contribution in [3.63, 3.8) is 0 Å². The number of ether oxygens (including phenoxy) is 1. The van der Waals surface area contributed by atoms with Gasteiger partial charge in [-0.2, -0.15) is 0 Å². The lowest BCUT2D eigenvalue weighted by molar-refractivity contribution is 0.397. The average Bonchev–Trinajstić information content (AvgIpc) is 3.51. The van der Waals surface area contributed by atoms with Crippen LogP contribution in [0.5, 0.6) is 5.88 Å². The van der Waals surface area contributed by atoms with E-state index in [2.05, 4.69) is 67.2 Å². The first-order chi connectivity index (χ1) is 17.6. The second-order valence-corrected chi connectivity index (χ2v) is 9.48. The first-order valence-corrected chi connectivity index (χ1v) is 12.3. The van der Waals surface area contributed by atoms with Crippen LogP contribution < -0.4 is 10.1 Å². The third-order valence-electron chi connectivity index (χ3n) is 6.31. The third-order valence-corrected chi connectivity index (χ3v) is 7.39. The summed E-state index contributed by atoms with van der Waals surface area (Å²) in [6, 6.07) is 14.3. The first-order valence-electron chi connectivity index (χ1n) is 11.4. The maximum absolute atomic E-state index is 5.25. The summed E-state index contributed by atoms with van der Waals surface area (Å²) in [6.45, 7) is 2.15. The fraction of sp³-hybridized carbons (Fsp3) is 0.148. The molecule has 2 aromatic carbocycles. The number of methoxy groups -OCH3 is 1. The quantitative estimate of drug-likeness (QED) is 0.325. The van der Waals surface area contributed by atoms with E-state index in [-0.39, 0.29) is 6.04 Å². The Labute approximate surface area is 211 Å². The number of hydrogen-bond donors (Lipinski definition) is 1. The van der Waals surface area contributed by atoms with Crippen LogP contribution in [0, 0.1) is 6.92 Å². The van der Waals surface area contributed by atoms with E-state index in [4.69, 9.17) is 4.74 Å². The molecule has 4 aromatic heterocycles. The number of nitrogens with zero attached hydrogens (tertiary/aromatic N) is 6. The molecule has 0 amide bonds. The van der Waals surface area contributed by atoms with Crippen LogP contribution in [0.4, 0.5) is 5.69 Å². The number of aromatic nitrogens is 6. The van der Waals surface area contributed by atoms with Gasteiger partial charge in [-0.05, 0) is 64.7 Å². The molecule has 0 saturated carbocycles. The maximum atomic E-state index is 5.25. The van der Waals surface area contributed by atoms with Crippen LogP contribution in [0.25, 0.3) is 32.2 Å². The Hall–Kier alpha value is -4.37. The summed E-state index contributed by atoms with van der Waals surface area (Å²) in [4.78, 5) is 13.7. The Morgan fingerprint density at radius 3 is 2.67 bits per heavy atom. The van der Waals surface area contributed by atoms with Gasteiger partial charge >= 0.3 is 0 Å². The molecule has 0 saturated heterocycles. The highest BCUT2D eigenvalue weighted by Crippen LogP contribution is 2.36. The van der Waals surface area contributed by atoms with Crippen LogP contribution in [-0.4, -0.2) is 37.1 Å². The molecule has 1 atom stereocenters. The van der Waals surface area contributed by atoms with Gasteiger partial charge in [-0.1, -0.05) is 11.3 Å². The summed E-state index contributed by atoms with van der Waals surface area (Å²) in [6.07, 6.45) is 7.02. The molecule has 6 aromatic rings. The number of hydrogen-bond acceptors (Lipinski definition) is 8. The van der Waals surface area contributed by atoms with Crippen molar-refractivity contribution in [1.29, 1.82) is 0 Å². The average molecular weight is 494 g/mol. The lowest BCUT2D eigenvalue weighted by Gasteiger charge is -2.21. The van der Waals surface area contributed by atoms with Gasteiger partial charge in [0.1, 0.15) is 0 Å². The van der Waals surface area contributed by atoms with E-state index in [1.54, 1.807) is 47.9 Å². The van der Waals surface area contributed by atoms with Crippen LogP contribution >= 0.6 is 11.3 Å². The maximum Gasteiger partial charge on any atom is 0.212 e. The molecule has 0 aliphatic rings. The number of thiophene rings is 1. The molecule has 36 heavy (non-hydrogen) atoms. The van der Waals surface area contributed by atoms with Gasteiger partial charge in [-0.25, -0.2) is 9.67 Å². The molecule has 8 nitrogen and oxygen atoms in total. The van der Waals surface area contributed by atoms with Crippen molar-refractivity contribution in [1.82, 2.24) is 29.9 Å². The van der Waals surface area contributed by atoms with E-state index in [1.807, 2.05) is 25.2 Å². The Kier molecular flexibility index (Phi) is 5.54. The van der Waals surface area contributed by atoms with Crippen LogP contribution in [0.3, 0.4) is 0 Å². The zero-order valence-corrected chi connectivity index (χ0v) is 20.8. The highest BCUT2D eigenvalue weighted by atomic mass is 32.1. The van der Waals surface area contributed by atoms with Crippen LogP contribution in [-0.2, 0) is 7.05 Å². The third kappa shape index (κ3) is 3.93. The second-order valence-electron chi connectivity index (χ2n) is 8.57. The van der Waals surface area contributed by atoms with Crippen molar-refractivity contribution in [3.8, 4) is 17.0 Å². The van der Waals surface area contributed by atoms with Gasteiger partial charge in [0.25, 0.3) is 0 Å². The first kappa shape index (κ1) is 22.1. The smallest absolute Gasteiger partial charge is 0.212 e. The predicted octanol–water partition coefficient (Wildman–Crippen LogP) is 5.55. The van der Waals surface area contributed by atoms with Crippen molar-refractivity contribution >= 4 is 38.1 Å². The molecule has 178 valence electrons. The minimum atomic E-state index is -0.244. The number of benzene rings is 2. The largest absolute Gasteiger partial charge is 0.481 e. The SMILES string of the molecule is COc1ccc([C@H](Nc2cc(-c3ccc4scc(C)c4c3)c3nccnc3c2)c2cnnn2C)cn1. The molecule has 0 aliphatic carbocycles. The van der Waals surface area contributed by atoms with Crippen LogP contribution in [0.15, 0.2) is 72.6 Å². The summed E-state index contributed by atoms with van der Waals surface area (Å²) in [7, 11) is 3.49. The van der Waals surface area contributed by atoms with E-state index in [1.165, 1.54) is 15.6 Å². The minimum Gasteiger partial charge on any atom is -0.481 e. The molecule has 1 N–H and O–H groups in total. The van der Waals surface area contributed by atoms with Gasteiger partial charge in [-0.15, -0.1) is 16.4 Å². The van der Waals surface area contributed by atoms with E-state index in [0.29, 0.717) is 5.88 Å². The van der Waals surface area contributed by atoms with Gasteiger partial charge in [0.15, 0.2) is 0 Å². The molecule has 0 radical (unpaired) electrons. The lowest BCUT2D eigenvalue weighted by Crippen LogP contribution is -2.16. The van der Waals surface area contributed by atoms with Crippen LogP contribution in [0.1, 0.15) is 22.9 Å². The number of fused-ring (bicyclic) bond motifs is 2. The zero-order valence-electron chi connectivity index (χ0n) is 20.0. The van der Waals surface area contributed by atoms with Gasteiger partial charge in [0.2, 0.25) is 5.88 Å². The highest BCUT2D eigenvalue weighted by Gasteiger charge is 2.20. The predicted molar refractivity (Wildman–Crippen MR) is 142 cm³/mol. The molecular formula is C27H23N7OS. The summed E-state index contributed by atoms with van der Waals surface area (Å²) in [5.41, 5.74) is 7.83. The summed E-state index contributed by atoms with van der Waals surface area (Å²) in [5, 5.41) is 15.4. The van der Waals surface area contributed by atoms with E-state index >= 15 is 0 Å². The molecule has 0 fully saturated rings. The molecule has 4 heterocycles. The van der Waals surface area contributed by atoms with E-state index in [9.17, 15) is 0 Å². The van der Waals surface area contributed by atoms with Crippen molar-refractivity contribution in [2.45, 2.75) is 13.0 Å². The molecule has 9 heteroatoms. The zero-order chi connectivity index (χ0) is 24.6. The van der Waals surface area contributed by atoms with Gasteiger partial charge in [0, 0.05) is 47.7 Å². The van der Waals surface area contributed by atoms with Crippen LogP contribution in [0.2, 0.25) is 0 Å². The normalized spacial score (nSPS) is 12.2. The number of aryl methyl sites for hydroxylation is 2. The lowest BCUT2D eigenvalue weighted by atomic mass is 9.99. The second kappa shape index (κ2) is 9.01. The van der Waals surface area contributed by atoms with Gasteiger partial charge in [0.05, 0.1) is 36.1 Å². The van der Waals surface area contributed by atoms with E-state index < -0.39 is 0 Å². The molecule has 0 aliphatic heterocycles. The number of nitrogens with one attached hydrogen (secondary N) is 1. The Morgan fingerprint density at radius 2 is 1.89 bits per heavy atom. The summed E-state index contributed by atoms with van der Waals surface area (Å²) >= 11 is 1.76. The fourth-order valence-corrected chi connectivity index (χ4v) is 5.36. The van der Waals surface area contributed by atoms with Crippen molar-refractivity contribution in [3.05, 3.63) is 89.5 Å². The Morgan fingerprint density at radius 1 is 1.00 bits per heavy atom. The van der Waals surface area contributed by atoms with Crippen molar-refractivity contribution in [2.24, 2.45) is 7.05 Å². The molecule has 0 unspecified atom stereocenters. The monoisotopic (exact) mass is 493 g/mol. The van der Waals surface area contributed by atoms with Crippen molar-refractivity contribution < 1.29 is 4.74 Å². The molecular weight excluding hydrogens is 470 g/mol.